The Morgan fingerprint density at radius 1 is 1.03 bits per heavy atom. The monoisotopic (exact) mass is 496 g/mol. The fourth-order valence-electron chi connectivity index (χ4n) is 4.92. The molecule has 0 bridgehead atoms. The highest BCUT2D eigenvalue weighted by molar-refractivity contribution is 7.91. The SMILES string of the molecule is Cc1nn(C2CCS(=O)(=O)C2)c(C)c1N1CCN(S(=O)(=O)c2ccc3c(c2)OCCO3)CC1. The topological polar surface area (TPSA) is 111 Å². The van der Waals surface area contributed by atoms with Crippen molar-refractivity contribution in [2.45, 2.75) is 31.2 Å². The first-order valence-electron chi connectivity index (χ1n) is 11.1. The van der Waals surface area contributed by atoms with Crippen molar-refractivity contribution in [1.82, 2.24) is 14.1 Å². The summed E-state index contributed by atoms with van der Waals surface area (Å²) in [5.74, 6) is 1.33. The van der Waals surface area contributed by atoms with Crippen LogP contribution in [-0.4, -0.2) is 81.8 Å². The highest BCUT2D eigenvalue weighted by Gasteiger charge is 2.34. The van der Waals surface area contributed by atoms with Crippen molar-refractivity contribution in [3.63, 3.8) is 0 Å². The zero-order valence-electron chi connectivity index (χ0n) is 18.7. The number of sulfone groups is 1. The summed E-state index contributed by atoms with van der Waals surface area (Å²) in [5, 5.41) is 4.64. The standard InChI is InChI=1S/C21H28N4O6S2/c1-15-21(16(2)25(22-15)17-5-12-32(26,27)14-17)23-6-8-24(9-7-23)33(28,29)18-3-4-19-20(13-18)31-11-10-30-19/h3-4,13,17H,5-12,14H2,1-2H3. The lowest BCUT2D eigenvalue weighted by Gasteiger charge is -2.35. The molecule has 3 aliphatic heterocycles. The van der Waals surface area contributed by atoms with Gasteiger partial charge in [0.15, 0.2) is 21.3 Å². The Hall–Kier alpha value is -2.31. The molecule has 2 fully saturated rings. The van der Waals surface area contributed by atoms with Crippen molar-refractivity contribution in [3.05, 3.63) is 29.6 Å². The second kappa shape index (κ2) is 8.17. The molecule has 2 aromatic rings. The molecule has 2 saturated heterocycles. The molecule has 180 valence electrons. The van der Waals surface area contributed by atoms with E-state index in [1.807, 2.05) is 18.5 Å². The van der Waals surface area contributed by atoms with Crippen LogP contribution in [-0.2, 0) is 19.9 Å². The van der Waals surface area contributed by atoms with Gasteiger partial charge in [-0.05, 0) is 32.4 Å². The summed E-state index contributed by atoms with van der Waals surface area (Å²) in [6.07, 6.45) is 0.575. The first-order chi connectivity index (χ1) is 15.7. The Morgan fingerprint density at radius 2 is 1.73 bits per heavy atom. The van der Waals surface area contributed by atoms with E-state index in [2.05, 4.69) is 10.00 Å². The van der Waals surface area contributed by atoms with Gasteiger partial charge in [-0.15, -0.1) is 0 Å². The number of aromatic nitrogens is 2. The quantitative estimate of drug-likeness (QED) is 0.620. The largest absolute Gasteiger partial charge is 0.486 e. The van der Waals surface area contributed by atoms with Gasteiger partial charge in [0.05, 0.1) is 39.5 Å². The Balaban J connectivity index is 1.31. The molecule has 0 aliphatic carbocycles. The van der Waals surface area contributed by atoms with Gasteiger partial charge in [0.25, 0.3) is 0 Å². The predicted octanol–water partition coefficient (Wildman–Crippen LogP) is 1.14. The first kappa shape index (κ1) is 22.5. The van der Waals surface area contributed by atoms with Gasteiger partial charge in [-0.3, -0.25) is 4.68 Å². The van der Waals surface area contributed by atoms with Gasteiger partial charge in [0.1, 0.15) is 13.2 Å². The molecule has 33 heavy (non-hydrogen) atoms. The van der Waals surface area contributed by atoms with Gasteiger partial charge < -0.3 is 14.4 Å². The molecular formula is C21H28N4O6S2. The molecule has 4 heterocycles. The number of hydrogen-bond acceptors (Lipinski definition) is 8. The predicted molar refractivity (Wildman–Crippen MR) is 122 cm³/mol. The number of benzene rings is 1. The summed E-state index contributed by atoms with van der Waals surface area (Å²) in [6, 6.07) is 4.59. The van der Waals surface area contributed by atoms with Gasteiger partial charge >= 0.3 is 0 Å². The van der Waals surface area contributed by atoms with Gasteiger partial charge in [0, 0.05) is 32.2 Å². The molecule has 1 aromatic heterocycles. The highest BCUT2D eigenvalue weighted by Crippen LogP contribution is 2.35. The molecule has 1 atom stereocenters. The minimum atomic E-state index is -3.66. The number of fused-ring (bicyclic) bond motifs is 1. The van der Waals surface area contributed by atoms with Crippen molar-refractivity contribution in [1.29, 1.82) is 0 Å². The number of aryl methyl sites for hydroxylation is 1. The molecule has 0 N–H and O–H groups in total. The van der Waals surface area contributed by atoms with Gasteiger partial charge in [-0.1, -0.05) is 0 Å². The van der Waals surface area contributed by atoms with Gasteiger partial charge in [-0.2, -0.15) is 9.40 Å². The maximum atomic E-state index is 13.2. The smallest absolute Gasteiger partial charge is 0.243 e. The number of hydrogen-bond donors (Lipinski definition) is 0. The van der Waals surface area contributed by atoms with Crippen molar-refractivity contribution in [2.24, 2.45) is 0 Å². The van der Waals surface area contributed by atoms with E-state index in [-0.39, 0.29) is 22.4 Å². The van der Waals surface area contributed by atoms with Crippen LogP contribution in [0.5, 0.6) is 11.5 Å². The van der Waals surface area contributed by atoms with Crippen LogP contribution in [0.4, 0.5) is 5.69 Å². The van der Waals surface area contributed by atoms with Crippen LogP contribution in [0.25, 0.3) is 0 Å². The molecular weight excluding hydrogens is 468 g/mol. The van der Waals surface area contributed by atoms with Crippen LogP contribution < -0.4 is 14.4 Å². The van der Waals surface area contributed by atoms with Crippen molar-refractivity contribution in [2.75, 3.05) is 55.8 Å². The number of rotatable bonds is 4. The molecule has 0 radical (unpaired) electrons. The van der Waals surface area contributed by atoms with Gasteiger partial charge in [-0.25, -0.2) is 16.8 Å². The van der Waals surface area contributed by atoms with Crippen LogP contribution in [0.15, 0.2) is 23.1 Å². The van der Waals surface area contributed by atoms with Crippen molar-refractivity contribution in [3.8, 4) is 11.5 Å². The van der Waals surface area contributed by atoms with E-state index >= 15 is 0 Å². The zero-order chi connectivity index (χ0) is 23.4. The molecule has 0 spiro atoms. The lowest BCUT2D eigenvalue weighted by Crippen LogP contribution is -2.49. The summed E-state index contributed by atoms with van der Waals surface area (Å²) in [7, 11) is -6.67. The van der Waals surface area contributed by atoms with E-state index in [1.54, 1.807) is 12.1 Å². The molecule has 3 aliphatic rings. The molecule has 0 saturated carbocycles. The Labute approximate surface area is 194 Å². The zero-order valence-corrected chi connectivity index (χ0v) is 20.4. The first-order valence-corrected chi connectivity index (χ1v) is 14.3. The van der Waals surface area contributed by atoms with Crippen LogP contribution in [0.1, 0.15) is 23.9 Å². The molecule has 1 unspecified atom stereocenters. The Morgan fingerprint density at radius 3 is 2.39 bits per heavy atom. The minimum Gasteiger partial charge on any atom is -0.486 e. The van der Waals surface area contributed by atoms with E-state index in [0.29, 0.717) is 57.3 Å². The summed E-state index contributed by atoms with van der Waals surface area (Å²) >= 11 is 0. The van der Waals surface area contributed by atoms with Crippen LogP contribution >= 0.6 is 0 Å². The van der Waals surface area contributed by atoms with E-state index in [4.69, 9.17) is 9.47 Å². The number of anilines is 1. The normalized spacial score (nSPS) is 23.1. The second-order valence-corrected chi connectivity index (χ2v) is 12.9. The Kier molecular flexibility index (Phi) is 5.57. The maximum Gasteiger partial charge on any atom is 0.243 e. The lowest BCUT2D eigenvalue weighted by molar-refractivity contribution is 0.171. The van der Waals surface area contributed by atoms with Crippen LogP contribution in [0.2, 0.25) is 0 Å². The average molecular weight is 497 g/mol. The molecule has 0 amide bonds. The third-order valence-corrected chi connectivity index (χ3v) is 10.2. The molecule has 5 rings (SSSR count). The Bertz CT molecular complexity index is 1280. The van der Waals surface area contributed by atoms with E-state index in [9.17, 15) is 16.8 Å². The number of sulfonamides is 1. The summed E-state index contributed by atoms with van der Waals surface area (Å²) in [6.45, 7) is 6.47. The van der Waals surface area contributed by atoms with Crippen molar-refractivity contribution < 1.29 is 26.3 Å². The van der Waals surface area contributed by atoms with Crippen LogP contribution in [0, 0.1) is 13.8 Å². The third-order valence-electron chi connectivity index (χ3n) is 6.55. The summed E-state index contributed by atoms with van der Waals surface area (Å²) in [4.78, 5) is 2.34. The third kappa shape index (κ3) is 4.08. The number of ether oxygens (including phenoxy) is 2. The van der Waals surface area contributed by atoms with Gasteiger partial charge in [0.2, 0.25) is 10.0 Å². The van der Waals surface area contributed by atoms with E-state index in [0.717, 1.165) is 17.1 Å². The molecule has 12 heteroatoms. The average Bonchev–Trinajstić information content (AvgIpc) is 3.31. The summed E-state index contributed by atoms with van der Waals surface area (Å²) < 4.78 is 64.7. The molecule has 10 nitrogen and oxygen atoms in total. The molecule has 1 aromatic carbocycles. The number of nitrogens with zero attached hydrogens (tertiary/aromatic N) is 4. The fraction of sp³-hybridized carbons (Fsp3) is 0.571. The highest BCUT2D eigenvalue weighted by atomic mass is 32.2. The van der Waals surface area contributed by atoms with Crippen LogP contribution in [0.3, 0.4) is 0 Å². The van der Waals surface area contributed by atoms with Crippen molar-refractivity contribution >= 4 is 25.5 Å². The van der Waals surface area contributed by atoms with E-state index in [1.165, 1.54) is 10.4 Å². The maximum absolute atomic E-state index is 13.2. The second-order valence-electron chi connectivity index (χ2n) is 8.72. The fourth-order valence-corrected chi connectivity index (χ4v) is 8.05. The lowest BCUT2D eigenvalue weighted by atomic mass is 10.2. The van der Waals surface area contributed by atoms with E-state index < -0.39 is 19.9 Å². The number of piperazine rings is 1. The minimum absolute atomic E-state index is 0.121. The summed E-state index contributed by atoms with van der Waals surface area (Å²) in [5.41, 5.74) is 2.73.